The monoisotopic (exact) mass is 222 g/mol. The molecule has 0 unspecified atom stereocenters. The van der Waals surface area contributed by atoms with Crippen molar-refractivity contribution in [3.05, 3.63) is 24.3 Å². The molecule has 0 fully saturated rings. The van der Waals surface area contributed by atoms with Gasteiger partial charge < -0.3 is 5.11 Å². The van der Waals surface area contributed by atoms with Crippen molar-refractivity contribution in [3.63, 3.8) is 0 Å². The second kappa shape index (κ2) is 3.10. The Morgan fingerprint density at radius 3 is 2.50 bits per heavy atom. The van der Waals surface area contributed by atoms with Gasteiger partial charge in [-0.05, 0) is 22.0 Å². The maximum Gasteiger partial charge on any atom is 0.133 e. The fourth-order valence-corrected chi connectivity index (χ4v) is 4.36. The molecule has 0 aliphatic heterocycles. The summed E-state index contributed by atoms with van der Waals surface area (Å²) in [6.45, 7) is 6.98. The van der Waals surface area contributed by atoms with Crippen LogP contribution in [-0.4, -0.2) is 13.2 Å². The van der Waals surface area contributed by atoms with Crippen LogP contribution in [0.1, 0.15) is 0 Å². The highest BCUT2D eigenvalue weighted by atomic mass is 32.1. The van der Waals surface area contributed by atoms with Crippen molar-refractivity contribution >= 4 is 34.0 Å². The van der Waals surface area contributed by atoms with Crippen molar-refractivity contribution in [2.24, 2.45) is 0 Å². The summed E-state index contributed by atoms with van der Waals surface area (Å²) in [6.07, 6.45) is 0. The third kappa shape index (κ3) is 1.57. The Kier molecular flexibility index (Phi) is 2.16. The summed E-state index contributed by atoms with van der Waals surface area (Å²) in [7, 11) is -1.23. The van der Waals surface area contributed by atoms with Gasteiger partial charge in [0.2, 0.25) is 0 Å². The Labute approximate surface area is 89.0 Å². The lowest BCUT2D eigenvalue weighted by molar-refractivity contribution is 0.482. The summed E-state index contributed by atoms with van der Waals surface area (Å²) in [4.78, 5) is 0. The molecular formula is C11H14OSSi. The van der Waals surface area contributed by atoms with E-state index in [0.717, 1.165) is 4.70 Å². The van der Waals surface area contributed by atoms with E-state index in [9.17, 15) is 5.11 Å². The first-order chi connectivity index (χ1) is 6.48. The van der Waals surface area contributed by atoms with Crippen LogP contribution in [-0.2, 0) is 0 Å². The van der Waals surface area contributed by atoms with Gasteiger partial charge in [0, 0.05) is 0 Å². The van der Waals surface area contributed by atoms with Gasteiger partial charge >= 0.3 is 0 Å². The highest BCUT2D eigenvalue weighted by Gasteiger charge is 2.19. The first-order valence-electron chi connectivity index (χ1n) is 4.70. The van der Waals surface area contributed by atoms with Gasteiger partial charge in [-0.15, -0.1) is 11.3 Å². The van der Waals surface area contributed by atoms with Gasteiger partial charge in [-0.2, -0.15) is 0 Å². The molecule has 0 saturated heterocycles. The second-order valence-corrected chi connectivity index (χ2v) is 11.0. The molecule has 74 valence electrons. The summed E-state index contributed by atoms with van der Waals surface area (Å²) in [5, 5.41) is 10.8. The lowest BCUT2D eigenvalue weighted by Crippen LogP contribution is -2.34. The van der Waals surface area contributed by atoms with Crippen LogP contribution >= 0.6 is 11.3 Å². The minimum Gasteiger partial charge on any atom is -0.506 e. The number of fused-ring (bicyclic) bond motifs is 1. The van der Waals surface area contributed by atoms with Crippen molar-refractivity contribution < 1.29 is 5.11 Å². The van der Waals surface area contributed by atoms with Crippen LogP contribution in [0.4, 0.5) is 0 Å². The van der Waals surface area contributed by atoms with E-state index in [1.165, 1.54) is 9.89 Å². The zero-order valence-corrected chi connectivity index (χ0v) is 10.5. The molecule has 1 aromatic carbocycles. The Morgan fingerprint density at radius 1 is 1.21 bits per heavy atom. The van der Waals surface area contributed by atoms with Crippen molar-refractivity contribution in [3.8, 4) is 5.75 Å². The topological polar surface area (TPSA) is 20.2 Å². The molecule has 0 aliphatic carbocycles. The predicted molar refractivity (Wildman–Crippen MR) is 66.5 cm³/mol. The molecule has 1 N–H and O–H groups in total. The number of hydrogen-bond acceptors (Lipinski definition) is 2. The molecule has 0 spiro atoms. The molecule has 0 aliphatic rings. The van der Waals surface area contributed by atoms with Gasteiger partial charge in [0.05, 0.1) is 12.8 Å². The van der Waals surface area contributed by atoms with Crippen LogP contribution in [0.25, 0.3) is 10.1 Å². The molecule has 0 amide bonds. The zero-order valence-electron chi connectivity index (χ0n) is 8.66. The number of hydrogen-bond donors (Lipinski definition) is 1. The Morgan fingerprint density at radius 2 is 1.93 bits per heavy atom. The molecule has 1 heterocycles. The Hall–Kier alpha value is -0.803. The minimum atomic E-state index is -1.23. The Bertz CT molecular complexity index is 468. The van der Waals surface area contributed by atoms with Gasteiger partial charge in [0.1, 0.15) is 5.75 Å². The van der Waals surface area contributed by atoms with Gasteiger partial charge in [-0.3, -0.25) is 0 Å². The summed E-state index contributed by atoms with van der Waals surface area (Å²) in [5.41, 5.74) is 0. The summed E-state index contributed by atoms with van der Waals surface area (Å²) >= 11 is 1.74. The molecule has 1 nitrogen and oxygen atoms in total. The SMILES string of the molecule is C[Si](C)(C)c1cc2cccc(O)c2s1. The number of thiophene rings is 1. The third-order valence-corrected chi connectivity index (χ3v) is 7.02. The molecule has 2 rings (SSSR count). The van der Waals surface area contributed by atoms with Crippen molar-refractivity contribution in [2.75, 3.05) is 0 Å². The molecule has 3 heteroatoms. The molecule has 0 bridgehead atoms. The maximum absolute atomic E-state index is 9.68. The van der Waals surface area contributed by atoms with Crippen LogP contribution in [0.2, 0.25) is 19.6 Å². The smallest absolute Gasteiger partial charge is 0.133 e. The van der Waals surface area contributed by atoms with E-state index in [0.29, 0.717) is 5.75 Å². The van der Waals surface area contributed by atoms with E-state index in [-0.39, 0.29) is 0 Å². The van der Waals surface area contributed by atoms with Crippen molar-refractivity contribution in [2.45, 2.75) is 19.6 Å². The van der Waals surface area contributed by atoms with Crippen LogP contribution in [0.5, 0.6) is 5.75 Å². The molecule has 14 heavy (non-hydrogen) atoms. The van der Waals surface area contributed by atoms with Gasteiger partial charge in [-0.25, -0.2) is 0 Å². The number of aromatic hydroxyl groups is 1. The lowest BCUT2D eigenvalue weighted by atomic mass is 10.2. The van der Waals surface area contributed by atoms with E-state index >= 15 is 0 Å². The van der Waals surface area contributed by atoms with Gasteiger partial charge in [-0.1, -0.05) is 31.8 Å². The molecular weight excluding hydrogens is 208 g/mol. The Balaban J connectivity index is 2.69. The number of rotatable bonds is 1. The average molecular weight is 222 g/mol. The maximum atomic E-state index is 9.68. The standard InChI is InChI=1S/C11H14OSSi/c1-14(2,3)10-7-8-5-4-6-9(12)11(8)13-10/h4-7,12H,1-3H3. The summed E-state index contributed by atoms with van der Waals surface area (Å²) in [5.74, 6) is 0.414. The highest BCUT2D eigenvalue weighted by molar-refractivity contribution is 7.31. The first kappa shape index (κ1) is 9.74. The van der Waals surface area contributed by atoms with E-state index in [1.54, 1.807) is 17.4 Å². The summed E-state index contributed by atoms with van der Waals surface area (Å²) in [6, 6.07) is 7.95. The minimum absolute atomic E-state index is 0.414. The summed E-state index contributed by atoms with van der Waals surface area (Å²) < 4.78 is 2.49. The largest absolute Gasteiger partial charge is 0.506 e. The van der Waals surface area contributed by atoms with Crippen molar-refractivity contribution in [1.29, 1.82) is 0 Å². The number of phenolic OH excluding ortho intramolecular Hbond substituents is 1. The lowest BCUT2D eigenvalue weighted by Gasteiger charge is -2.11. The molecule has 2 aromatic rings. The fraction of sp³-hybridized carbons (Fsp3) is 0.273. The normalized spacial score (nSPS) is 12.2. The molecule has 0 radical (unpaired) electrons. The predicted octanol–water partition coefficient (Wildman–Crippen LogP) is 3.15. The average Bonchev–Trinajstić information content (AvgIpc) is 2.48. The molecule has 0 saturated carbocycles. The molecule has 0 atom stereocenters. The van der Waals surface area contributed by atoms with E-state index in [1.807, 2.05) is 6.07 Å². The van der Waals surface area contributed by atoms with Gasteiger partial charge in [0.25, 0.3) is 0 Å². The highest BCUT2D eigenvalue weighted by Crippen LogP contribution is 2.29. The third-order valence-electron chi connectivity index (χ3n) is 2.26. The quantitative estimate of drug-likeness (QED) is 0.735. The number of phenols is 1. The van der Waals surface area contributed by atoms with Crippen LogP contribution in [0, 0.1) is 0 Å². The number of benzene rings is 1. The zero-order chi connectivity index (χ0) is 10.3. The van der Waals surface area contributed by atoms with Gasteiger partial charge in [0.15, 0.2) is 0 Å². The second-order valence-electron chi connectivity index (χ2n) is 4.56. The van der Waals surface area contributed by atoms with E-state index in [4.69, 9.17) is 0 Å². The van der Waals surface area contributed by atoms with E-state index < -0.39 is 8.07 Å². The van der Waals surface area contributed by atoms with Crippen molar-refractivity contribution in [1.82, 2.24) is 0 Å². The van der Waals surface area contributed by atoms with Crippen LogP contribution in [0.3, 0.4) is 0 Å². The van der Waals surface area contributed by atoms with Crippen LogP contribution < -0.4 is 4.50 Å². The van der Waals surface area contributed by atoms with E-state index in [2.05, 4.69) is 31.8 Å². The fourth-order valence-electron chi connectivity index (χ4n) is 1.42. The first-order valence-corrected chi connectivity index (χ1v) is 9.02. The van der Waals surface area contributed by atoms with Crippen LogP contribution in [0.15, 0.2) is 24.3 Å². The molecule has 1 aromatic heterocycles.